The van der Waals surface area contributed by atoms with Crippen LogP contribution in [0, 0.1) is 5.92 Å². The van der Waals surface area contributed by atoms with Crippen molar-refractivity contribution in [3.05, 3.63) is 77.6 Å². The summed E-state index contributed by atoms with van der Waals surface area (Å²) in [5, 5.41) is 24.4. The highest BCUT2D eigenvalue weighted by atomic mass is 16.5. The standard InChI is InChI=1S/C28H28N2O5/c31-16-14-18-6-8-21(9-7-18)26(32)24-25(20-4-2-1-3-5-20)30(28(34)27(24)33)22-12-10-19(11-13-22)23-15-17-35-29-23/h6-13,15,17,20,25,31-32H,1-5,14,16H2. The maximum Gasteiger partial charge on any atom is 0.299 e. The van der Waals surface area contributed by atoms with E-state index in [-0.39, 0.29) is 23.9 Å². The molecule has 1 amide bonds. The molecule has 0 spiro atoms. The molecule has 2 N–H and O–H groups in total. The number of aliphatic hydroxyl groups is 2. The Balaban J connectivity index is 1.56. The van der Waals surface area contributed by atoms with Crippen LogP contribution < -0.4 is 4.90 Å². The summed E-state index contributed by atoms with van der Waals surface area (Å²) in [5.74, 6) is -1.33. The van der Waals surface area contributed by atoms with Crippen LogP contribution >= 0.6 is 0 Å². The van der Waals surface area contributed by atoms with Gasteiger partial charge in [0.2, 0.25) is 0 Å². The summed E-state index contributed by atoms with van der Waals surface area (Å²) >= 11 is 0. The number of nitrogens with zero attached hydrogens (tertiary/aromatic N) is 2. The Kier molecular flexibility index (Phi) is 6.51. The number of aromatic nitrogens is 1. The van der Waals surface area contributed by atoms with Crippen LogP contribution in [-0.2, 0) is 16.0 Å². The van der Waals surface area contributed by atoms with Crippen LogP contribution in [-0.4, -0.2) is 39.7 Å². The fraction of sp³-hybridized carbons (Fsp3) is 0.321. The first-order valence-electron chi connectivity index (χ1n) is 12.1. The summed E-state index contributed by atoms with van der Waals surface area (Å²) in [4.78, 5) is 28.2. The average Bonchev–Trinajstić information content (AvgIpc) is 3.52. The van der Waals surface area contributed by atoms with Crippen LogP contribution in [0.25, 0.3) is 17.0 Å². The van der Waals surface area contributed by atoms with E-state index in [2.05, 4.69) is 5.16 Å². The molecule has 2 fully saturated rings. The first-order chi connectivity index (χ1) is 17.1. The molecule has 180 valence electrons. The third kappa shape index (κ3) is 4.39. The molecule has 2 heterocycles. The van der Waals surface area contributed by atoms with Crippen molar-refractivity contribution >= 4 is 23.1 Å². The van der Waals surface area contributed by atoms with Crippen molar-refractivity contribution in [1.82, 2.24) is 5.16 Å². The second-order valence-corrected chi connectivity index (χ2v) is 9.21. The summed E-state index contributed by atoms with van der Waals surface area (Å²) in [6.07, 6.45) is 7.00. The second-order valence-electron chi connectivity index (χ2n) is 9.21. The molecule has 3 aromatic rings. The van der Waals surface area contributed by atoms with Gasteiger partial charge in [0.15, 0.2) is 0 Å². The summed E-state index contributed by atoms with van der Waals surface area (Å²) in [6.45, 7) is 0.0353. The lowest BCUT2D eigenvalue weighted by Crippen LogP contribution is -2.40. The van der Waals surface area contributed by atoms with E-state index in [4.69, 9.17) is 9.63 Å². The molecule has 1 saturated heterocycles. The van der Waals surface area contributed by atoms with Crippen molar-refractivity contribution < 1.29 is 24.3 Å². The topological polar surface area (TPSA) is 104 Å². The lowest BCUT2D eigenvalue weighted by molar-refractivity contribution is -0.132. The Hall–Kier alpha value is -3.71. The Bertz CT molecular complexity index is 1220. The van der Waals surface area contributed by atoms with Gasteiger partial charge in [0, 0.05) is 29.5 Å². The number of anilines is 1. The molecule has 2 aliphatic rings. The number of carbonyl (C=O) groups is 2. The zero-order valence-corrected chi connectivity index (χ0v) is 19.4. The van der Waals surface area contributed by atoms with Gasteiger partial charge in [0.25, 0.3) is 11.7 Å². The zero-order chi connectivity index (χ0) is 24.4. The number of amides is 1. The van der Waals surface area contributed by atoms with E-state index in [0.717, 1.165) is 43.2 Å². The van der Waals surface area contributed by atoms with E-state index >= 15 is 0 Å². The summed E-state index contributed by atoms with van der Waals surface area (Å²) in [6, 6.07) is 15.7. The Labute approximate surface area is 203 Å². The number of carbonyl (C=O) groups excluding carboxylic acids is 2. The quantitative estimate of drug-likeness (QED) is 0.306. The molecule has 1 unspecified atom stereocenters. The number of aliphatic hydroxyl groups excluding tert-OH is 2. The van der Waals surface area contributed by atoms with E-state index in [0.29, 0.717) is 23.4 Å². The van der Waals surface area contributed by atoms with Crippen LogP contribution in [0.4, 0.5) is 5.69 Å². The first kappa shape index (κ1) is 23.1. The van der Waals surface area contributed by atoms with E-state index in [1.165, 1.54) is 6.26 Å². The predicted molar refractivity (Wildman–Crippen MR) is 132 cm³/mol. The van der Waals surface area contributed by atoms with Crippen molar-refractivity contribution in [3.8, 4) is 11.3 Å². The fourth-order valence-electron chi connectivity index (χ4n) is 5.30. The van der Waals surface area contributed by atoms with Gasteiger partial charge in [0.1, 0.15) is 17.7 Å². The minimum absolute atomic E-state index is 0.0353. The van der Waals surface area contributed by atoms with Gasteiger partial charge >= 0.3 is 0 Å². The average molecular weight is 473 g/mol. The number of rotatable bonds is 6. The molecule has 1 aromatic heterocycles. The fourth-order valence-corrected chi connectivity index (χ4v) is 5.30. The molecule has 7 nitrogen and oxygen atoms in total. The van der Waals surface area contributed by atoms with Crippen molar-refractivity contribution in [2.75, 3.05) is 11.5 Å². The van der Waals surface area contributed by atoms with Gasteiger partial charge in [-0.15, -0.1) is 0 Å². The van der Waals surface area contributed by atoms with Crippen LogP contribution in [0.5, 0.6) is 0 Å². The number of hydrogen-bond acceptors (Lipinski definition) is 6. The van der Waals surface area contributed by atoms with Crippen LogP contribution in [0.2, 0.25) is 0 Å². The highest BCUT2D eigenvalue weighted by Crippen LogP contribution is 2.41. The van der Waals surface area contributed by atoms with Gasteiger partial charge in [-0.3, -0.25) is 14.5 Å². The molecule has 2 aromatic carbocycles. The number of hydrogen-bond donors (Lipinski definition) is 2. The summed E-state index contributed by atoms with van der Waals surface area (Å²) in [7, 11) is 0. The molecule has 1 aliphatic carbocycles. The third-order valence-electron chi connectivity index (χ3n) is 7.09. The second kappa shape index (κ2) is 9.88. The van der Waals surface area contributed by atoms with Gasteiger partial charge in [0.05, 0.1) is 11.6 Å². The molecule has 1 aliphatic heterocycles. The Morgan fingerprint density at radius 1 is 0.971 bits per heavy atom. The van der Waals surface area contributed by atoms with E-state index < -0.39 is 17.7 Å². The minimum Gasteiger partial charge on any atom is -0.507 e. The van der Waals surface area contributed by atoms with Crippen LogP contribution in [0.3, 0.4) is 0 Å². The molecule has 0 bridgehead atoms. The van der Waals surface area contributed by atoms with E-state index in [1.54, 1.807) is 23.1 Å². The van der Waals surface area contributed by atoms with Crippen molar-refractivity contribution in [1.29, 1.82) is 0 Å². The van der Waals surface area contributed by atoms with Gasteiger partial charge in [-0.25, -0.2) is 0 Å². The van der Waals surface area contributed by atoms with Crippen molar-refractivity contribution in [2.24, 2.45) is 5.92 Å². The zero-order valence-electron chi connectivity index (χ0n) is 19.4. The minimum atomic E-state index is -0.655. The molecule has 5 rings (SSSR count). The SMILES string of the molecule is O=C1C(=O)N(c2ccc(-c3ccon3)cc2)C(C2CCCCC2)C1=C(O)c1ccc(CCO)cc1. The lowest BCUT2D eigenvalue weighted by Gasteiger charge is -2.34. The highest BCUT2D eigenvalue weighted by molar-refractivity contribution is 6.51. The van der Waals surface area contributed by atoms with E-state index in [1.807, 2.05) is 36.4 Å². The highest BCUT2D eigenvalue weighted by Gasteiger charge is 2.49. The summed E-state index contributed by atoms with van der Waals surface area (Å²) in [5.41, 5.74) is 3.75. The maximum atomic E-state index is 13.3. The van der Waals surface area contributed by atoms with E-state index in [9.17, 15) is 14.7 Å². The first-order valence-corrected chi connectivity index (χ1v) is 12.1. The lowest BCUT2D eigenvalue weighted by atomic mass is 9.80. The predicted octanol–water partition coefficient (Wildman–Crippen LogP) is 4.71. The maximum absolute atomic E-state index is 13.3. The number of ketones is 1. The number of benzene rings is 2. The third-order valence-corrected chi connectivity index (χ3v) is 7.09. The molecular weight excluding hydrogens is 444 g/mol. The van der Waals surface area contributed by atoms with Crippen LogP contribution in [0.1, 0.15) is 43.2 Å². The molecule has 1 saturated carbocycles. The molecule has 0 radical (unpaired) electrons. The monoisotopic (exact) mass is 472 g/mol. The largest absolute Gasteiger partial charge is 0.507 e. The number of Topliss-reactive ketones (excluding diaryl/α,β-unsaturated/α-hetero) is 1. The molecule has 1 atom stereocenters. The molecule has 35 heavy (non-hydrogen) atoms. The summed E-state index contributed by atoms with van der Waals surface area (Å²) < 4.78 is 4.92. The Morgan fingerprint density at radius 3 is 2.31 bits per heavy atom. The normalized spacial score (nSPS) is 20.5. The molecule has 7 heteroatoms. The van der Waals surface area contributed by atoms with Gasteiger partial charge in [-0.2, -0.15) is 0 Å². The van der Waals surface area contributed by atoms with Gasteiger partial charge in [-0.1, -0.05) is 60.8 Å². The van der Waals surface area contributed by atoms with Gasteiger partial charge in [-0.05, 0) is 42.9 Å². The van der Waals surface area contributed by atoms with Gasteiger partial charge < -0.3 is 14.7 Å². The van der Waals surface area contributed by atoms with Crippen LogP contribution in [0.15, 0.2) is 71.0 Å². The molecular formula is C28H28N2O5. The van der Waals surface area contributed by atoms with Crippen molar-refractivity contribution in [3.63, 3.8) is 0 Å². The Morgan fingerprint density at radius 2 is 1.69 bits per heavy atom. The smallest absolute Gasteiger partial charge is 0.299 e. The van der Waals surface area contributed by atoms with Crippen molar-refractivity contribution in [2.45, 2.75) is 44.6 Å².